The third kappa shape index (κ3) is 4.42. The summed E-state index contributed by atoms with van der Waals surface area (Å²) in [5.41, 5.74) is 3.51. The average molecular weight is 449 g/mol. The third-order valence-corrected chi connectivity index (χ3v) is 8.01. The van der Waals surface area contributed by atoms with Gasteiger partial charge in [0.2, 0.25) is 0 Å². The van der Waals surface area contributed by atoms with Crippen molar-refractivity contribution in [1.82, 2.24) is 9.88 Å². The number of aryl methyl sites for hydroxylation is 2. The number of aromatic nitrogens is 1. The van der Waals surface area contributed by atoms with E-state index >= 15 is 0 Å². The van der Waals surface area contributed by atoms with E-state index in [4.69, 9.17) is 4.74 Å². The Morgan fingerprint density at radius 1 is 1.19 bits per heavy atom. The highest BCUT2D eigenvalue weighted by atomic mass is 32.1. The number of ether oxygens (including phenoxy) is 1. The van der Waals surface area contributed by atoms with Crippen molar-refractivity contribution in [2.75, 3.05) is 19.7 Å². The molecule has 0 bridgehead atoms. The van der Waals surface area contributed by atoms with Crippen LogP contribution in [0.4, 0.5) is 0 Å². The molecular formula is C27H32N2O2S. The van der Waals surface area contributed by atoms with Crippen LogP contribution in [0.1, 0.15) is 41.8 Å². The molecule has 4 nitrogen and oxygen atoms in total. The number of aliphatic hydroxyl groups is 1. The number of H-pyrrole nitrogens is 1. The highest BCUT2D eigenvalue weighted by Crippen LogP contribution is 2.38. The van der Waals surface area contributed by atoms with Crippen LogP contribution in [0.5, 0.6) is 5.75 Å². The second-order valence-corrected chi connectivity index (χ2v) is 10.5. The molecule has 0 radical (unpaired) electrons. The molecule has 3 atom stereocenters. The van der Waals surface area contributed by atoms with Crippen molar-refractivity contribution in [3.05, 3.63) is 64.7 Å². The summed E-state index contributed by atoms with van der Waals surface area (Å²) in [5.74, 6) is 1.44. The second-order valence-electron chi connectivity index (χ2n) is 9.39. The van der Waals surface area contributed by atoms with Crippen molar-refractivity contribution in [3.8, 4) is 5.75 Å². The average Bonchev–Trinajstić information content (AvgIpc) is 3.36. The SMILES string of the molecule is Cc1ccc2cc([C@H]3CCN(C[C@H](O)COc4cccc5[nH]c(C)cc45)[C@@H](C)C3)sc2c1. The lowest BCUT2D eigenvalue weighted by atomic mass is 9.90. The smallest absolute Gasteiger partial charge is 0.128 e. The number of aromatic amines is 1. The Bertz CT molecular complexity index is 1230. The standard InChI is InChI=1S/C27H32N2O2S/c1-17-7-8-20-14-27(32-26(20)11-17)21-9-10-29(19(3)13-21)15-22(30)16-31-25-6-4-5-24-23(25)12-18(2)28-24/h4-8,11-12,14,19,21-22,28,30H,9-10,13,15-16H2,1-3H3/t19-,21-,22-/m0/s1. The molecule has 1 aliphatic rings. The molecule has 2 aromatic heterocycles. The summed E-state index contributed by atoms with van der Waals surface area (Å²) in [6.45, 7) is 8.48. The fraction of sp³-hybridized carbons (Fsp3) is 0.407. The predicted octanol–water partition coefficient (Wildman–Crippen LogP) is 6.01. The molecule has 3 heterocycles. The minimum absolute atomic E-state index is 0.311. The topological polar surface area (TPSA) is 48.5 Å². The molecule has 2 aromatic carbocycles. The van der Waals surface area contributed by atoms with Gasteiger partial charge in [-0.1, -0.05) is 18.2 Å². The molecular weight excluding hydrogens is 416 g/mol. The lowest BCUT2D eigenvalue weighted by Crippen LogP contribution is -2.45. The molecule has 32 heavy (non-hydrogen) atoms. The molecule has 1 saturated heterocycles. The summed E-state index contributed by atoms with van der Waals surface area (Å²) in [6.07, 6.45) is 1.78. The molecule has 4 aromatic rings. The van der Waals surface area contributed by atoms with Crippen LogP contribution < -0.4 is 4.74 Å². The van der Waals surface area contributed by atoms with Crippen molar-refractivity contribution in [3.63, 3.8) is 0 Å². The van der Waals surface area contributed by atoms with Crippen LogP contribution in [0, 0.1) is 13.8 Å². The first-order valence-corrected chi connectivity index (χ1v) is 12.4. The van der Waals surface area contributed by atoms with E-state index in [1.54, 1.807) is 0 Å². The Morgan fingerprint density at radius 3 is 2.91 bits per heavy atom. The lowest BCUT2D eigenvalue weighted by Gasteiger charge is -2.38. The van der Waals surface area contributed by atoms with Gasteiger partial charge in [0.1, 0.15) is 18.5 Å². The Balaban J connectivity index is 1.17. The minimum Gasteiger partial charge on any atom is -0.490 e. The zero-order valence-electron chi connectivity index (χ0n) is 19.1. The number of β-amino-alcohol motifs (C(OH)–C–C–N with tert-alkyl or cyclic N) is 1. The monoisotopic (exact) mass is 448 g/mol. The summed E-state index contributed by atoms with van der Waals surface area (Å²) < 4.78 is 7.41. The lowest BCUT2D eigenvalue weighted by molar-refractivity contribution is 0.0408. The van der Waals surface area contributed by atoms with Crippen molar-refractivity contribution in [2.24, 2.45) is 0 Å². The van der Waals surface area contributed by atoms with E-state index in [2.05, 4.69) is 60.1 Å². The maximum absolute atomic E-state index is 10.7. The maximum atomic E-state index is 10.7. The Labute approximate surface area is 193 Å². The second kappa shape index (κ2) is 8.89. The van der Waals surface area contributed by atoms with Gasteiger partial charge in [0.05, 0.1) is 0 Å². The first kappa shape index (κ1) is 21.5. The van der Waals surface area contributed by atoms with Gasteiger partial charge < -0.3 is 14.8 Å². The van der Waals surface area contributed by atoms with Crippen LogP contribution >= 0.6 is 11.3 Å². The van der Waals surface area contributed by atoms with Gasteiger partial charge in [-0.25, -0.2) is 0 Å². The normalized spacial score (nSPS) is 20.8. The van der Waals surface area contributed by atoms with E-state index < -0.39 is 6.10 Å². The Hall–Kier alpha value is -2.34. The summed E-state index contributed by atoms with van der Waals surface area (Å²) in [7, 11) is 0. The van der Waals surface area contributed by atoms with Crippen LogP contribution in [0.25, 0.3) is 21.0 Å². The van der Waals surface area contributed by atoms with Gasteiger partial charge in [-0.2, -0.15) is 0 Å². The van der Waals surface area contributed by atoms with Gasteiger partial charge in [-0.3, -0.25) is 4.90 Å². The number of likely N-dealkylation sites (tertiary alicyclic amines) is 1. The zero-order valence-corrected chi connectivity index (χ0v) is 19.9. The van der Waals surface area contributed by atoms with Crippen molar-refractivity contribution in [1.29, 1.82) is 0 Å². The predicted molar refractivity (Wildman–Crippen MR) is 134 cm³/mol. The zero-order chi connectivity index (χ0) is 22.2. The van der Waals surface area contributed by atoms with Crippen LogP contribution in [0.15, 0.2) is 48.5 Å². The number of rotatable bonds is 6. The molecule has 0 amide bonds. The van der Waals surface area contributed by atoms with Crippen LogP contribution in [-0.2, 0) is 0 Å². The quantitative estimate of drug-likeness (QED) is 0.380. The number of hydrogen-bond acceptors (Lipinski definition) is 4. The van der Waals surface area contributed by atoms with E-state index in [1.807, 2.05) is 30.4 Å². The van der Waals surface area contributed by atoms with E-state index in [9.17, 15) is 5.11 Å². The van der Waals surface area contributed by atoms with Gasteiger partial charge in [0.15, 0.2) is 0 Å². The summed E-state index contributed by atoms with van der Waals surface area (Å²) >= 11 is 1.95. The molecule has 1 fully saturated rings. The van der Waals surface area contributed by atoms with Crippen LogP contribution in [0.3, 0.4) is 0 Å². The molecule has 0 spiro atoms. The van der Waals surface area contributed by atoms with Crippen molar-refractivity contribution in [2.45, 2.75) is 51.7 Å². The van der Waals surface area contributed by atoms with E-state index in [1.165, 1.54) is 20.5 Å². The van der Waals surface area contributed by atoms with E-state index in [0.29, 0.717) is 25.1 Å². The molecule has 0 aliphatic carbocycles. The van der Waals surface area contributed by atoms with Gasteiger partial charge in [-0.15, -0.1) is 11.3 Å². The molecule has 168 valence electrons. The van der Waals surface area contributed by atoms with Crippen molar-refractivity contribution >= 4 is 32.3 Å². The highest BCUT2D eigenvalue weighted by Gasteiger charge is 2.28. The first-order valence-electron chi connectivity index (χ1n) is 11.6. The number of thiophene rings is 1. The number of aliphatic hydroxyl groups excluding tert-OH is 1. The molecule has 2 N–H and O–H groups in total. The fourth-order valence-corrected chi connectivity index (χ4v) is 6.32. The summed E-state index contributed by atoms with van der Waals surface area (Å²) in [5, 5.41) is 13.1. The minimum atomic E-state index is -0.503. The highest BCUT2D eigenvalue weighted by molar-refractivity contribution is 7.19. The van der Waals surface area contributed by atoms with Gasteiger partial charge in [0.25, 0.3) is 0 Å². The third-order valence-electron chi connectivity index (χ3n) is 6.75. The Kier molecular flexibility index (Phi) is 5.97. The molecule has 0 saturated carbocycles. The number of nitrogens with one attached hydrogen (secondary N) is 1. The maximum Gasteiger partial charge on any atom is 0.128 e. The molecule has 1 aliphatic heterocycles. The number of piperidine rings is 1. The number of benzene rings is 2. The molecule has 5 rings (SSSR count). The number of fused-ring (bicyclic) bond motifs is 2. The van der Waals surface area contributed by atoms with Crippen molar-refractivity contribution < 1.29 is 9.84 Å². The first-order chi connectivity index (χ1) is 15.5. The van der Waals surface area contributed by atoms with Gasteiger partial charge >= 0.3 is 0 Å². The van der Waals surface area contributed by atoms with Crippen LogP contribution in [-0.4, -0.2) is 46.8 Å². The van der Waals surface area contributed by atoms with Crippen LogP contribution in [0.2, 0.25) is 0 Å². The van der Waals surface area contributed by atoms with Gasteiger partial charge in [0, 0.05) is 38.8 Å². The summed E-state index contributed by atoms with van der Waals surface area (Å²) in [4.78, 5) is 7.27. The van der Waals surface area contributed by atoms with E-state index in [0.717, 1.165) is 41.7 Å². The largest absolute Gasteiger partial charge is 0.490 e. The number of hydrogen-bond donors (Lipinski definition) is 2. The Morgan fingerprint density at radius 2 is 2.06 bits per heavy atom. The molecule has 5 heteroatoms. The number of nitrogens with zero attached hydrogens (tertiary/aromatic N) is 1. The van der Waals surface area contributed by atoms with Gasteiger partial charge in [-0.05, 0) is 87.4 Å². The fourth-order valence-electron chi connectivity index (χ4n) is 5.01. The summed E-state index contributed by atoms with van der Waals surface area (Å²) in [6, 6.07) is 17.7. The molecule has 0 unspecified atom stereocenters. The van der Waals surface area contributed by atoms with E-state index in [-0.39, 0.29) is 0 Å².